The number of hydrogen-bond donors (Lipinski definition) is 2. The molecular weight excluding hydrogens is 252 g/mol. The summed E-state index contributed by atoms with van der Waals surface area (Å²) in [4.78, 5) is 11.7. The van der Waals surface area contributed by atoms with E-state index in [1.54, 1.807) is 7.11 Å². The van der Waals surface area contributed by atoms with E-state index in [1.807, 2.05) is 12.1 Å². The first-order valence-electron chi connectivity index (χ1n) is 7.41. The molecule has 0 bridgehead atoms. The number of ether oxygens (including phenoxy) is 1. The average molecular weight is 276 g/mol. The van der Waals surface area contributed by atoms with Crippen LogP contribution in [0.4, 0.5) is 0 Å². The molecule has 1 aromatic rings. The predicted octanol–water partition coefficient (Wildman–Crippen LogP) is 1.89. The van der Waals surface area contributed by atoms with Crippen LogP contribution in [0.25, 0.3) is 0 Å². The van der Waals surface area contributed by atoms with E-state index >= 15 is 0 Å². The van der Waals surface area contributed by atoms with Gasteiger partial charge in [0, 0.05) is 6.04 Å². The van der Waals surface area contributed by atoms with Gasteiger partial charge in [-0.3, -0.25) is 4.79 Å². The Hall–Kier alpha value is -1.55. The van der Waals surface area contributed by atoms with E-state index in [4.69, 9.17) is 4.74 Å². The fraction of sp³-hybridized carbons (Fsp3) is 0.562. The molecule has 0 atom stereocenters. The van der Waals surface area contributed by atoms with Gasteiger partial charge >= 0.3 is 0 Å². The summed E-state index contributed by atoms with van der Waals surface area (Å²) in [7, 11) is 1.67. The molecule has 110 valence electrons. The van der Waals surface area contributed by atoms with Gasteiger partial charge in [0.25, 0.3) is 0 Å². The summed E-state index contributed by atoms with van der Waals surface area (Å²) in [5.41, 5.74) is 1.24. The summed E-state index contributed by atoms with van der Waals surface area (Å²) < 4.78 is 5.12. The molecule has 4 heteroatoms. The molecule has 2 N–H and O–H groups in total. The lowest BCUT2D eigenvalue weighted by Gasteiger charge is -2.12. The van der Waals surface area contributed by atoms with E-state index in [1.165, 1.54) is 18.4 Å². The van der Waals surface area contributed by atoms with Crippen LogP contribution < -0.4 is 15.4 Å². The number of rotatable bonds is 7. The lowest BCUT2D eigenvalue weighted by Crippen LogP contribution is -2.39. The fourth-order valence-corrected chi connectivity index (χ4v) is 2.58. The molecule has 0 unspecified atom stereocenters. The highest BCUT2D eigenvalue weighted by molar-refractivity contribution is 5.78. The van der Waals surface area contributed by atoms with Crippen LogP contribution in [0.3, 0.4) is 0 Å². The lowest BCUT2D eigenvalue weighted by molar-refractivity contribution is -0.120. The molecule has 1 saturated carbocycles. The quantitative estimate of drug-likeness (QED) is 0.748. The highest BCUT2D eigenvalue weighted by atomic mass is 16.5. The second kappa shape index (κ2) is 7.90. The molecule has 1 aliphatic rings. The molecule has 1 aliphatic carbocycles. The van der Waals surface area contributed by atoms with Gasteiger partial charge in [0.2, 0.25) is 5.91 Å². The van der Waals surface area contributed by atoms with Crippen LogP contribution in [0.2, 0.25) is 0 Å². The smallest absolute Gasteiger partial charge is 0.234 e. The molecule has 0 heterocycles. The van der Waals surface area contributed by atoms with Crippen LogP contribution in [0.15, 0.2) is 24.3 Å². The fourth-order valence-electron chi connectivity index (χ4n) is 2.58. The molecule has 0 spiro atoms. The molecule has 0 aliphatic heterocycles. The summed E-state index contributed by atoms with van der Waals surface area (Å²) in [6, 6.07) is 8.44. The number of hydrogen-bond acceptors (Lipinski definition) is 3. The van der Waals surface area contributed by atoms with Crippen molar-refractivity contribution in [1.82, 2.24) is 10.6 Å². The van der Waals surface area contributed by atoms with Gasteiger partial charge in [0.15, 0.2) is 0 Å². The highest BCUT2D eigenvalue weighted by Crippen LogP contribution is 2.17. The zero-order valence-corrected chi connectivity index (χ0v) is 12.2. The van der Waals surface area contributed by atoms with E-state index in [0.717, 1.165) is 31.6 Å². The SMILES string of the molecule is COc1ccc(CCNCC(=O)NC2CCCC2)cc1. The van der Waals surface area contributed by atoms with Crippen molar-refractivity contribution in [2.75, 3.05) is 20.2 Å². The van der Waals surface area contributed by atoms with Gasteiger partial charge in [-0.15, -0.1) is 0 Å². The number of carbonyl (C=O) groups is 1. The topological polar surface area (TPSA) is 50.4 Å². The Kier molecular flexibility index (Phi) is 5.87. The normalized spacial score (nSPS) is 15.2. The third-order valence-electron chi connectivity index (χ3n) is 3.76. The van der Waals surface area contributed by atoms with E-state index in [2.05, 4.69) is 22.8 Å². The van der Waals surface area contributed by atoms with Crippen molar-refractivity contribution >= 4 is 5.91 Å². The van der Waals surface area contributed by atoms with Crippen LogP contribution in [0.5, 0.6) is 5.75 Å². The van der Waals surface area contributed by atoms with Gasteiger partial charge < -0.3 is 15.4 Å². The Bertz CT molecular complexity index is 411. The summed E-state index contributed by atoms with van der Waals surface area (Å²) in [5, 5.41) is 6.27. The number of carbonyl (C=O) groups excluding carboxylic acids is 1. The maximum absolute atomic E-state index is 11.7. The second-order valence-electron chi connectivity index (χ2n) is 5.32. The third-order valence-corrected chi connectivity index (χ3v) is 3.76. The van der Waals surface area contributed by atoms with Gasteiger partial charge in [0.1, 0.15) is 5.75 Å². The summed E-state index contributed by atoms with van der Waals surface area (Å²) >= 11 is 0. The monoisotopic (exact) mass is 276 g/mol. The van der Waals surface area contributed by atoms with Crippen molar-refractivity contribution in [3.05, 3.63) is 29.8 Å². The largest absolute Gasteiger partial charge is 0.497 e. The van der Waals surface area contributed by atoms with Crippen LogP contribution in [0.1, 0.15) is 31.2 Å². The zero-order valence-electron chi connectivity index (χ0n) is 12.2. The third kappa shape index (κ3) is 4.85. The first-order chi connectivity index (χ1) is 9.78. The summed E-state index contributed by atoms with van der Waals surface area (Å²) in [6.45, 7) is 1.22. The molecule has 0 aromatic heterocycles. The maximum Gasteiger partial charge on any atom is 0.234 e. The minimum absolute atomic E-state index is 0.117. The Morgan fingerprint density at radius 1 is 1.25 bits per heavy atom. The number of methoxy groups -OCH3 is 1. The molecule has 1 amide bonds. The van der Waals surface area contributed by atoms with Gasteiger partial charge in [-0.1, -0.05) is 25.0 Å². The summed E-state index contributed by atoms with van der Waals surface area (Å²) in [6.07, 6.45) is 5.68. The van der Waals surface area contributed by atoms with E-state index < -0.39 is 0 Å². The number of amides is 1. The first-order valence-corrected chi connectivity index (χ1v) is 7.41. The van der Waals surface area contributed by atoms with Crippen molar-refractivity contribution in [1.29, 1.82) is 0 Å². The van der Waals surface area contributed by atoms with Crippen molar-refractivity contribution in [2.45, 2.75) is 38.1 Å². The van der Waals surface area contributed by atoms with Crippen molar-refractivity contribution < 1.29 is 9.53 Å². The minimum atomic E-state index is 0.117. The number of nitrogens with one attached hydrogen (secondary N) is 2. The standard InChI is InChI=1S/C16H24N2O2/c1-20-15-8-6-13(7-9-15)10-11-17-12-16(19)18-14-4-2-3-5-14/h6-9,14,17H,2-5,10-12H2,1H3,(H,18,19). The summed E-state index contributed by atoms with van der Waals surface area (Å²) in [5.74, 6) is 0.990. The lowest BCUT2D eigenvalue weighted by atomic mass is 10.1. The average Bonchev–Trinajstić information content (AvgIpc) is 2.97. The van der Waals surface area contributed by atoms with Gasteiger partial charge in [-0.25, -0.2) is 0 Å². The molecule has 4 nitrogen and oxygen atoms in total. The molecule has 1 fully saturated rings. The number of benzene rings is 1. The first kappa shape index (κ1) is 14.9. The van der Waals surface area contributed by atoms with Gasteiger partial charge in [-0.05, 0) is 43.5 Å². The van der Waals surface area contributed by atoms with Crippen LogP contribution in [-0.4, -0.2) is 32.1 Å². The zero-order chi connectivity index (χ0) is 14.2. The van der Waals surface area contributed by atoms with E-state index in [0.29, 0.717) is 12.6 Å². The Morgan fingerprint density at radius 3 is 2.60 bits per heavy atom. The van der Waals surface area contributed by atoms with Crippen LogP contribution >= 0.6 is 0 Å². The van der Waals surface area contributed by atoms with Crippen LogP contribution in [-0.2, 0) is 11.2 Å². The Morgan fingerprint density at radius 2 is 1.95 bits per heavy atom. The molecule has 20 heavy (non-hydrogen) atoms. The molecule has 0 radical (unpaired) electrons. The van der Waals surface area contributed by atoms with E-state index in [-0.39, 0.29) is 5.91 Å². The van der Waals surface area contributed by atoms with Crippen LogP contribution in [0, 0.1) is 0 Å². The molecule has 0 saturated heterocycles. The maximum atomic E-state index is 11.7. The Balaban J connectivity index is 1.59. The van der Waals surface area contributed by atoms with Crippen molar-refractivity contribution in [2.24, 2.45) is 0 Å². The van der Waals surface area contributed by atoms with E-state index in [9.17, 15) is 4.79 Å². The van der Waals surface area contributed by atoms with Crippen molar-refractivity contribution in [3.63, 3.8) is 0 Å². The molecule has 2 rings (SSSR count). The molecular formula is C16H24N2O2. The van der Waals surface area contributed by atoms with Gasteiger partial charge in [0.05, 0.1) is 13.7 Å². The van der Waals surface area contributed by atoms with Gasteiger partial charge in [-0.2, -0.15) is 0 Å². The predicted molar refractivity (Wildman–Crippen MR) is 80.0 cm³/mol. The second-order valence-corrected chi connectivity index (χ2v) is 5.32. The Labute approximate surface area is 120 Å². The highest BCUT2D eigenvalue weighted by Gasteiger charge is 2.16. The molecule has 1 aromatic carbocycles. The van der Waals surface area contributed by atoms with Crippen molar-refractivity contribution in [3.8, 4) is 5.75 Å². The minimum Gasteiger partial charge on any atom is -0.497 e.